The number of methoxy groups -OCH3 is 2. The van der Waals surface area contributed by atoms with Crippen molar-refractivity contribution in [2.45, 2.75) is 58.0 Å². The predicted molar refractivity (Wildman–Crippen MR) is 122 cm³/mol. The molecule has 3 rings (SSSR count). The van der Waals surface area contributed by atoms with Crippen LogP contribution in [0.5, 0.6) is 11.5 Å². The zero-order valence-corrected chi connectivity index (χ0v) is 20.3. The first kappa shape index (κ1) is 25.2. The van der Waals surface area contributed by atoms with Crippen molar-refractivity contribution in [2.75, 3.05) is 27.4 Å². The van der Waals surface area contributed by atoms with Crippen molar-refractivity contribution in [3.05, 3.63) is 35.9 Å². The highest BCUT2D eigenvalue weighted by Gasteiger charge is 2.44. The summed E-state index contributed by atoms with van der Waals surface area (Å²) in [7, 11) is 2.80. The molecule has 2 atom stereocenters. The van der Waals surface area contributed by atoms with Gasteiger partial charge in [-0.15, -0.1) is 0 Å². The Balaban J connectivity index is 1.69. The van der Waals surface area contributed by atoms with Gasteiger partial charge in [0.05, 0.1) is 27.3 Å². The Morgan fingerprint density at radius 1 is 1.15 bits per heavy atom. The standard InChI is InChI=1S/C24H32N2O8/c1-7-10-32-20-17-14-25(12-15(17)8-9-19(20)30-5)22(28)33-16-11-18(21(27)31-6)26(13-16)23(29)34-24(2,3)4/h7-9,16,18H,1,10-14H2,2-6H3/t16-,18+/m1/s1. The molecule has 0 unspecified atom stereocenters. The number of benzene rings is 1. The van der Waals surface area contributed by atoms with E-state index in [1.807, 2.05) is 6.07 Å². The van der Waals surface area contributed by atoms with Gasteiger partial charge in [0.15, 0.2) is 11.5 Å². The average molecular weight is 477 g/mol. The van der Waals surface area contributed by atoms with Crippen LogP contribution in [-0.2, 0) is 32.1 Å². The van der Waals surface area contributed by atoms with Crippen molar-refractivity contribution in [2.24, 2.45) is 0 Å². The quantitative estimate of drug-likeness (QED) is 0.350. The van der Waals surface area contributed by atoms with E-state index in [2.05, 4.69) is 6.58 Å². The topological polar surface area (TPSA) is 104 Å². The molecule has 0 N–H and O–H groups in total. The molecule has 34 heavy (non-hydrogen) atoms. The number of esters is 1. The van der Waals surface area contributed by atoms with Gasteiger partial charge >= 0.3 is 18.2 Å². The number of carbonyl (C=O) groups is 3. The van der Waals surface area contributed by atoms with Gasteiger partial charge in [0.25, 0.3) is 0 Å². The number of fused-ring (bicyclic) bond motifs is 1. The van der Waals surface area contributed by atoms with Gasteiger partial charge in [0.2, 0.25) is 0 Å². The van der Waals surface area contributed by atoms with E-state index >= 15 is 0 Å². The summed E-state index contributed by atoms with van der Waals surface area (Å²) in [5.41, 5.74) is 1.03. The van der Waals surface area contributed by atoms with Crippen LogP contribution >= 0.6 is 0 Å². The Morgan fingerprint density at radius 2 is 1.88 bits per heavy atom. The molecule has 1 fully saturated rings. The summed E-state index contributed by atoms with van der Waals surface area (Å²) in [6.45, 7) is 9.82. The van der Waals surface area contributed by atoms with E-state index in [9.17, 15) is 14.4 Å². The Kier molecular flexibility index (Phi) is 7.58. The van der Waals surface area contributed by atoms with Crippen molar-refractivity contribution in [3.63, 3.8) is 0 Å². The molecule has 186 valence electrons. The normalized spacial score (nSPS) is 19.3. The van der Waals surface area contributed by atoms with Crippen LogP contribution in [0.15, 0.2) is 24.8 Å². The summed E-state index contributed by atoms with van der Waals surface area (Å²) < 4.78 is 27.1. The van der Waals surface area contributed by atoms with Crippen molar-refractivity contribution in [1.29, 1.82) is 0 Å². The number of hydrogen-bond donors (Lipinski definition) is 0. The lowest BCUT2D eigenvalue weighted by Gasteiger charge is -2.27. The minimum atomic E-state index is -0.892. The second-order valence-corrected chi connectivity index (χ2v) is 9.10. The third kappa shape index (κ3) is 5.55. The number of ether oxygens (including phenoxy) is 5. The van der Waals surface area contributed by atoms with Crippen molar-refractivity contribution >= 4 is 18.2 Å². The van der Waals surface area contributed by atoms with Gasteiger partial charge in [0.1, 0.15) is 24.4 Å². The maximum atomic E-state index is 13.0. The summed E-state index contributed by atoms with van der Waals surface area (Å²) in [6, 6.07) is 2.79. The Bertz CT molecular complexity index is 955. The summed E-state index contributed by atoms with van der Waals surface area (Å²) in [5, 5.41) is 0. The van der Waals surface area contributed by atoms with Gasteiger partial charge in [-0.1, -0.05) is 18.7 Å². The molecule has 2 amide bonds. The molecule has 0 saturated carbocycles. The fraction of sp³-hybridized carbons (Fsp3) is 0.542. The molecule has 1 saturated heterocycles. The Labute approximate surface area is 199 Å². The van der Waals surface area contributed by atoms with Crippen molar-refractivity contribution in [1.82, 2.24) is 9.80 Å². The molecule has 10 heteroatoms. The van der Waals surface area contributed by atoms with Gasteiger partial charge < -0.3 is 23.7 Å². The largest absolute Gasteiger partial charge is 0.493 e. The molecule has 0 spiro atoms. The van der Waals surface area contributed by atoms with Gasteiger partial charge in [-0.3, -0.25) is 9.80 Å². The smallest absolute Gasteiger partial charge is 0.411 e. The fourth-order valence-electron chi connectivity index (χ4n) is 3.99. The highest BCUT2D eigenvalue weighted by atomic mass is 16.6. The number of rotatable bonds is 6. The second kappa shape index (κ2) is 10.2. The lowest BCUT2D eigenvalue weighted by atomic mass is 10.1. The van der Waals surface area contributed by atoms with Crippen LogP contribution in [0.2, 0.25) is 0 Å². The van der Waals surface area contributed by atoms with Crippen molar-refractivity contribution in [3.8, 4) is 11.5 Å². The lowest BCUT2D eigenvalue weighted by Crippen LogP contribution is -2.44. The first-order valence-electron chi connectivity index (χ1n) is 11.0. The van der Waals surface area contributed by atoms with Crippen LogP contribution in [0.1, 0.15) is 38.3 Å². The monoisotopic (exact) mass is 476 g/mol. The summed E-state index contributed by atoms with van der Waals surface area (Å²) in [4.78, 5) is 40.6. The lowest BCUT2D eigenvalue weighted by molar-refractivity contribution is -0.145. The van der Waals surface area contributed by atoms with E-state index in [0.29, 0.717) is 24.7 Å². The number of hydrogen-bond acceptors (Lipinski definition) is 8. The molecule has 2 aliphatic heterocycles. The van der Waals surface area contributed by atoms with Crippen LogP contribution in [-0.4, -0.2) is 73.1 Å². The zero-order chi connectivity index (χ0) is 25.0. The molecule has 1 aromatic carbocycles. The molecule has 0 aromatic heterocycles. The van der Waals surface area contributed by atoms with Gasteiger partial charge in [-0.25, -0.2) is 14.4 Å². The van der Waals surface area contributed by atoms with Crippen LogP contribution in [0.25, 0.3) is 0 Å². The maximum Gasteiger partial charge on any atom is 0.411 e. The van der Waals surface area contributed by atoms with Crippen molar-refractivity contribution < 1.29 is 38.1 Å². The molecular formula is C24H32N2O8. The summed E-state index contributed by atoms with van der Waals surface area (Å²) in [6.07, 6.45) is -0.136. The second-order valence-electron chi connectivity index (χ2n) is 9.10. The van der Waals surface area contributed by atoms with E-state index in [0.717, 1.165) is 11.1 Å². The molecule has 0 bridgehead atoms. The molecule has 0 aliphatic carbocycles. The van der Waals surface area contributed by atoms with Crippen LogP contribution < -0.4 is 9.47 Å². The Morgan fingerprint density at radius 3 is 2.50 bits per heavy atom. The molecule has 2 heterocycles. The molecular weight excluding hydrogens is 444 g/mol. The number of likely N-dealkylation sites (tertiary alicyclic amines) is 1. The van der Waals surface area contributed by atoms with Gasteiger partial charge in [-0.05, 0) is 32.4 Å². The third-order valence-electron chi connectivity index (χ3n) is 5.49. The van der Waals surface area contributed by atoms with Gasteiger partial charge in [-0.2, -0.15) is 0 Å². The molecule has 2 aliphatic rings. The minimum absolute atomic E-state index is 0.0305. The number of carbonyl (C=O) groups excluding carboxylic acids is 3. The summed E-state index contributed by atoms with van der Waals surface area (Å²) >= 11 is 0. The van der Waals surface area contributed by atoms with E-state index in [1.54, 1.807) is 40.0 Å². The molecule has 0 radical (unpaired) electrons. The summed E-state index contributed by atoms with van der Waals surface area (Å²) in [5.74, 6) is 0.549. The predicted octanol–water partition coefficient (Wildman–Crippen LogP) is 3.26. The fourth-order valence-corrected chi connectivity index (χ4v) is 3.99. The third-order valence-corrected chi connectivity index (χ3v) is 5.49. The van der Waals surface area contributed by atoms with E-state index < -0.39 is 35.9 Å². The van der Waals surface area contributed by atoms with E-state index in [1.165, 1.54) is 16.9 Å². The van der Waals surface area contributed by atoms with Crippen LogP contribution in [0.3, 0.4) is 0 Å². The average Bonchev–Trinajstić information content (AvgIpc) is 3.40. The molecule has 1 aromatic rings. The van der Waals surface area contributed by atoms with Gasteiger partial charge in [0, 0.05) is 18.5 Å². The highest BCUT2D eigenvalue weighted by Crippen LogP contribution is 2.39. The van der Waals surface area contributed by atoms with Crippen LogP contribution in [0.4, 0.5) is 9.59 Å². The first-order chi connectivity index (χ1) is 16.1. The highest BCUT2D eigenvalue weighted by molar-refractivity contribution is 5.82. The first-order valence-corrected chi connectivity index (χ1v) is 11.0. The minimum Gasteiger partial charge on any atom is -0.493 e. The van der Waals surface area contributed by atoms with Crippen LogP contribution in [0, 0.1) is 0 Å². The van der Waals surface area contributed by atoms with E-state index in [-0.39, 0.29) is 19.5 Å². The number of amides is 2. The Hall–Kier alpha value is -3.43. The maximum absolute atomic E-state index is 13.0. The SMILES string of the molecule is C=CCOc1c(OC)ccc2c1CN(C(=O)O[C@@H]1C[C@@H](C(=O)OC)N(C(=O)OC(C)(C)C)C1)C2. The zero-order valence-electron chi connectivity index (χ0n) is 20.3. The molecule has 10 nitrogen and oxygen atoms in total. The van der Waals surface area contributed by atoms with E-state index in [4.69, 9.17) is 23.7 Å². The number of nitrogens with zero attached hydrogens (tertiary/aromatic N) is 2.